The van der Waals surface area contributed by atoms with E-state index < -0.39 is 5.82 Å². The number of nitrogen functional groups attached to an aromatic ring is 1. The average Bonchev–Trinajstić information content (AvgIpc) is 2.60. The first-order valence-corrected chi connectivity index (χ1v) is 4.30. The third-order valence-electron chi connectivity index (χ3n) is 2.20. The molecule has 0 atom stereocenters. The molecule has 0 radical (unpaired) electrons. The predicted molar refractivity (Wildman–Crippen MR) is 52.7 cm³/mol. The Hall–Kier alpha value is -2.04. The summed E-state index contributed by atoms with van der Waals surface area (Å²) in [6.07, 6.45) is 1.27. The molecule has 5 heteroatoms. The van der Waals surface area contributed by atoms with Crippen molar-refractivity contribution in [1.29, 1.82) is 0 Å². The number of phenolic OH excluding ortho intramolecular Hbond substituents is 1. The van der Waals surface area contributed by atoms with Gasteiger partial charge in [0.25, 0.3) is 0 Å². The molecule has 0 aliphatic carbocycles. The second-order valence-electron chi connectivity index (χ2n) is 3.19. The minimum atomic E-state index is -0.562. The van der Waals surface area contributed by atoms with Crippen LogP contribution in [0.5, 0.6) is 5.75 Å². The molecule has 0 unspecified atom stereocenters. The number of anilines is 1. The molecule has 4 nitrogen and oxygen atoms in total. The Morgan fingerprint density at radius 2 is 2.20 bits per heavy atom. The summed E-state index contributed by atoms with van der Waals surface area (Å²) in [5, 5.41) is 13.1. The van der Waals surface area contributed by atoms with Crippen LogP contribution in [0.4, 0.5) is 10.3 Å². The Bertz CT molecular complexity index is 508. The second-order valence-corrected chi connectivity index (χ2v) is 3.19. The van der Waals surface area contributed by atoms with Crippen molar-refractivity contribution in [3.63, 3.8) is 0 Å². The lowest BCUT2D eigenvalue weighted by atomic mass is 10.0. The molecular weight excluding hydrogens is 199 g/mol. The van der Waals surface area contributed by atoms with Gasteiger partial charge in [0.05, 0.1) is 17.3 Å². The van der Waals surface area contributed by atoms with Crippen LogP contribution in [0.3, 0.4) is 0 Å². The molecule has 1 heterocycles. The number of hydrogen-bond acceptors (Lipinski definition) is 4. The quantitative estimate of drug-likeness (QED) is 0.752. The van der Waals surface area contributed by atoms with Crippen molar-refractivity contribution < 1.29 is 14.0 Å². The molecule has 0 saturated heterocycles. The van der Waals surface area contributed by atoms with Gasteiger partial charge in [-0.1, -0.05) is 11.2 Å². The number of aromatic nitrogens is 1. The fourth-order valence-electron chi connectivity index (χ4n) is 1.36. The molecule has 78 valence electrons. The van der Waals surface area contributed by atoms with Crippen LogP contribution in [0.25, 0.3) is 11.1 Å². The zero-order chi connectivity index (χ0) is 11.0. The van der Waals surface area contributed by atoms with E-state index in [1.807, 2.05) is 0 Å². The van der Waals surface area contributed by atoms with E-state index in [0.717, 1.165) is 0 Å². The van der Waals surface area contributed by atoms with Crippen LogP contribution in [0.15, 0.2) is 22.9 Å². The van der Waals surface area contributed by atoms with E-state index in [0.29, 0.717) is 5.56 Å². The second kappa shape index (κ2) is 3.27. The van der Waals surface area contributed by atoms with Gasteiger partial charge in [0.2, 0.25) is 5.88 Å². The zero-order valence-electron chi connectivity index (χ0n) is 7.99. The Morgan fingerprint density at radius 3 is 2.80 bits per heavy atom. The number of aryl methyl sites for hydroxylation is 1. The molecule has 1 aromatic heterocycles. The molecule has 0 amide bonds. The monoisotopic (exact) mass is 208 g/mol. The molecule has 2 aromatic rings. The van der Waals surface area contributed by atoms with Gasteiger partial charge in [0.1, 0.15) is 11.6 Å². The minimum absolute atomic E-state index is 0.0187. The summed E-state index contributed by atoms with van der Waals surface area (Å²) in [5.41, 5.74) is 6.30. The van der Waals surface area contributed by atoms with Gasteiger partial charge in [0.15, 0.2) is 0 Å². The highest BCUT2D eigenvalue weighted by molar-refractivity contribution is 5.78. The molecule has 15 heavy (non-hydrogen) atoms. The highest BCUT2D eigenvalue weighted by Crippen LogP contribution is 2.37. The van der Waals surface area contributed by atoms with E-state index in [2.05, 4.69) is 9.68 Å². The number of rotatable bonds is 1. The van der Waals surface area contributed by atoms with Gasteiger partial charge in [-0.25, -0.2) is 4.39 Å². The van der Waals surface area contributed by atoms with Crippen LogP contribution in [-0.4, -0.2) is 10.3 Å². The van der Waals surface area contributed by atoms with E-state index in [4.69, 9.17) is 5.73 Å². The standard InChI is InChI=1S/C10H9FN2O2/c1-5-2-3-7(11)8(9(5)14)6-4-13-15-10(6)12/h2-4,14H,12H2,1H3. The number of hydrogen-bond donors (Lipinski definition) is 2. The maximum absolute atomic E-state index is 13.5. The van der Waals surface area contributed by atoms with E-state index in [-0.39, 0.29) is 22.8 Å². The first-order valence-electron chi connectivity index (χ1n) is 4.30. The van der Waals surface area contributed by atoms with Gasteiger partial charge < -0.3 is 15.4 Å². The number of nitrogens with two attached hydrogens (primary N) is 1. The van der Waals surface area contributed by atoms with Gasteiger partial charge in [-0.15, -0.1) is 0 Å². The van der Waals surface area contributed by atoms with Crippen molar-refractivity contribution in [3.05, 3.63) is 29.7 Å². The predicted octanol–water partition coefficient (Wildman–Crippen LogP) is 2.08. The van der Waals surface area contributed by atoms with Gasteiger partial charge >= 0.3 is 0 Å². The highest BCUT2D eigenvalue weighted by Gasteiger charge is 2.17. The summed E-state index contributed by atoms with van der Waals surface area (Å²) in [6, 6.07) is 2.74. The van der Waals surface area contributed by atoms with Crippen LogP contribution < -0.4 is 5.73 Å². The molecular formula is C10H9FN2O2. The van der Waals surface area contributed by atoms with Crippen molar-refractivity contribution in [2.45, 2.75) is 6.92 Å². The van der Waals surface area contributed by atoms with Crippen LogP contribution in [-0.2, 0) is 0 Å². The fourth-order valence-corrected chi connectivity index (χ4v) is 1.36. The Kier molecular flexibility index (Phi) is 2.07. The summed E-state index contributed by atoms with van der Waals surface area (Å²) in [7, 11) is 0. The van der Waals surface area contributed by atoms with Crippen LogP contribution in [0.1, 0.15) is 5.56 Å². The van der Waals surface area contributed by atoms with Crippen molar-refractivity contribution in [2.24, 2.45) is 0 Å². The Balaban J connectivity index is 2.72. The SMILES string of the molecule is Cc1ccc(F)c(-c2cnoc2N)c1O. The highest BCUT2D eigenvalue weighted by atomic mass is 19.1. The number of nitrogens with zero attached hydrogens (tertiary/aromatic N) is 1. The van der Waals surface area contributed by atoms with Gasteiger partial charge in [-0.2, -0.15) is 0 Å². The first kappa shape index (κ1) is 9.51. The third-order valence-corrected chi connectivity index (χ3v) is 2.20. The molecule has 0 spiro atoms. The van der Waals surface area contributed by atoms with Crippen molar-refractivity contribution >= 4 is 5.88 Å². The minimum Gasteiger partial charge on any atom is -0.507 e. The summed E-state index contributed by atoms with van der Waals surface area (Å²) in [6.45, 7) is 1.67. The van der Waals surface area contributed by atoms with E-state index >= 15 is 0 Å². The maximum Gasteiger partial charge on any atom is 0.230 e. The molecule has 0 aliphatic rings. The first-order chi connectivity index (χ1) is 7.11. The van der Waals surface area contributed by atoms with Gasteiger partial charge in [-0.05, 0) is 18.6 Å². The molecule has 0 aliphatic heterocycles. The molecule has 0 bridgehead atoms. The fraction of sp³-hybridized carbons (Fsp3) is 0.100. The summed E-state index contributed by atoms with van der Waals surface area (Å²) < 4.78 is 18.1. The molecule has 0 fully saturated rings. The number of aromatic hydroxyl groups is 1. The molecule has 2 rings (SSSR count). The van der Waals surface area contributed by atoms with E-state index in [1.165, 1.54) is 18.3 Å². The smallest absolute Gasteiger partial charge is 0.230 e. The number of benzene rings is 1. The van der Waals surface area contributed by atoms with Crippen molar-refractivity contribution in [1.82, 2.24) is 5.16 Å². The van der Waals surface area contributed by atoms with Crippen molar-refractivity contribution in [3.8, 4) is 16.9 Å². The molecule has 3 N–H and O–H groups in total. The van der Waals surface area contributed by atoms with Crippen LogP contribution in [0, 0.1) is 12.7 Å². The molecule has 0 saturated carbocycles. The lowest BCUT2D eigenvalue weighted by Crippen LogP contribution is -1.90. The maximum atomic E-state index is 13.5. The molecule has 1 aromatic carbocycles. The van der Waals surface area contributed by atoms with E-state index in [9.17, 15) is 9.50 Å². The van der Waals surface area contributed by atoms with Gasteiger partial charge in [0, 0.05) is 0 Å². The van der Waals surface area contributed by atoms with E-state index in [1.54, 1.807) is 6.92 Å². The topological polar surface area (TPSA) is 72.3 Å². The third kappa shape index (κ3) is 1.41. The van der Waals surface area contributed by atoms with Gasteiger partial charge in [-0.3, -0.25) is 0 Å². The van der Waals surface area contributed by atoms with Crippen LogP contribution >= 0.6 is 0 Å². The normalized spacial score (nSPS) is 10.5. The number of halogens is 1. The van der Waals surface area contributed by atoms with Crippen LogP contribution in [0.2, 0.25) is 0 Å². The Morgan fingerprint density at radius 1 is 1.47 bits per heavy atom. The number of phenols is 1. The average molecular weight is 208 g/mol. The Labute approximate surface area is 85.1 Å². The van der Waals surface area contributed by atoms with Crippen molar-refractivity contribution in [2.75, 3.05) is 5.73 Å². The lowest BCUT2D eigenvalue weighted by molar-refractivity contribution is 0.436. The zero-order valence-corrected chi connectivity index (χ0v) is 7.99. The summed E-state index contributed by atoms with van der Waals surface area (Å²) in [5.74, 6) is -0.729. The summed E-state index contributed by atoms with van der Waals surface area (Å²) >= 11 is 0. The largest absolute Gasteiger partial charge is 0.507 e. The summed E-state index contributed by atoms with van der Waals surface area (Å²) in [4.78, 5) is 0. The lowest BCUT2D eigenvalue weighted by Gasteiger charge is -2.06.